The number of thioether (sulfide) groups is 1. The summed E-state index contributed by atoms with van der Waals surface area (Å²) in [4.78, 5) is 32.3. The first-order valence-electron chi connectivity index (χ1n) is 7.87. The van der Waals surface area contributed by atoms with Gasteiger partial charge in [-0.25, -0.2) is 14.8 Å². The molecule has 0 saturated carbocycles. The number of esters is 1. The SMILES string of the molecule is CCOC(=O)c1cnc(SC(CC)C(=O)Nc2ccccc2)nc1N. The van der Waals surface area contributed by atoms with E-state index in [-0.39, 0.29) is 29.1 Å². The Bertz CT molecular complexity index is 740. The van der Waals surface area contributed by atoms with Crippen LogP contribution >= 0.6 is 11.8 Å². The van der Waals surface area contributed by atoms with Crippen LogP contribution < -0.4 is 11.1 Å². The van der Waals surface area contributed by atoms with Gasteiger partial charge < -0.3 is 15.8 Å². The number of benzene rings is 1. The first kappa shape index (κ1) is 18.7. The van der Waals surface area contributed by atoms with Gasteiger partial charge in [0.25, 0.3) is 0 Å². The zero-order valence-corrected chi connectivity index (χ0v) is 14.9. The first-order chi connectivity index (χ1) is 12.0. The fourth-order valence-electron chi connectivity index (χ4n) is 1.99. The number of amides is 1. The number of nitrogens with one attached hydrogen (secondary N) is 1. The van der Waals surface area contributed by atoms with Gasteiger partial charge in [-0.2, -0.15) is 0 Å². The molecule has 0 aliphatic rings. The second kappa shape index (κ2) is 9.03. The van der Waals surface area contributed by atoms with Gasteiger partial charge >= 0.3 is 5.97 Å². The highest BCUT2D eigenvalue weighted by molar-refractivity contribution is 8.00. The predicted molar refractivity (Wildman–Crippen MR) is 97.4 cm³/mol. The number of nitrogens with two attached hydrogens (primary N) is 1. The molecule has 1 aromatic heterocycles. The van der Waals surface area contributed by atoms with Crippen LogP contribution in [0.4, 0.5) is 11.5 Å². The Labute approximate surface area is 150 Å². The van der Waals surface area contributed by atoms with Crippen LogP contribution in [0.25, 0.3) is 0 Å². The summed E-state index contributed by atoms with van der Waals surface area (Å²) < 4.78 is 4.89. The minimum Gasteiger partial charge on any atom is -0.462 e. The van der Waals surface area contributed by atoms with Gasteiger partial charge in [-0.1, -0.05) is 36.9 Å². The normalized spacial score (nSPS) is 11.6. The number of anilines is 2. The lowest BCUT2D eigenvalue weighted by Gasteiger charge is -2.14. The average Bonchev–Trinajstić information content (AvgIpc) is 2.60. The number of carbonyl (C=O) groups is 2. The molecule has 0 aliphatic carbocycles. The molecule has 8 heteroatoms. The minimum absolute atomic E-state index is 0.0364. The Morgan fingerprint density at radius 3 is 2.60 bits per heavy atom. The second-order valence-electron chi connectivity index (χ2n) is 5.04. The standard InChI is InChI=1S/C17H20N4O3S/c1-3-13(15(22)20-11-8-6-5-7-9-11)25-17-19-10-12(14(18)21-17)16(23)24-4-2/h5-10,13H,3-4H2,1-2H3,(H,20,22)(H2,18,19,21). The van der Waals surface area contributed by atoms with E-state index in [1.54, 1.807) is 6.92 Å². The Balaban J connectivity index is 2.07. The van der Waals surface area contributed by atoms with E-state index < -0.39 is 5.97 Å². The largest absolute Gasteiger partial charge is 0.462 e. The monoisotopic (exact) mass is 360 g/mol. The molecule has 1 aromatic carbocycles. The molecular weight excluding hydrogens is 340 g/mol. The van der Waals surface area contributed by atoms with Gasteiger partial charge in [-0.05, 0) is 25.5 Å². The summed E-state index contributed by atoms with van der Waals surface area (Å²) in [6.45, 7) is 3.85. The fraction of sp³-hybridized carbons (Fsp3) is 0.294. The molecule has 0 saturated heterocycles. The van der Waals surface area contributed by atoms with Crippen molar-refractivity contribution in [1.82, 2.24) is 9.97 Å². The van der Waals surface area contributed by atoms with Crippen molar-refractivity contribution in [3.05, 3.63) is 42.1 Å². The topological polar surface area (TPSA) is 107 Å². The number of hydrogen-bond acceptors (Lipinski definition) is 7. The molecule has 2 aromatic rings. The van der Waals surface area contributed by atoms with E-state index in [1.807, 2.05) is 37.3 Å². The van der Waals surface area contributed by atoms with Crippen LogP contribution in [0.3, 0.4) is 0 Å². The molecule has 25 heavy (non-hydrogen) atoms. The van der Waals surface area contributed by atoms with E-state index in [1.165, 1.54) is 18.0 Å². The Morgan fingerprint density at radius 2 is 2.00 bits per heavy atom. The number of carbonyl (C=O) groups excluding carboxylic acids is 2. The van der Waals surface area contributed by atoms with Gasteiger partial charge in [0, 0.05) is 11.9 Å². The van der Waals surface area contributed by atoms with Crippen molar-refractivity contribution in [3.63, 3.8) is 0 Å². The summed E-state index contributed by atoms with van der Waals surface area (Å²) in [5.74, 6) is -0.671. The highest BCUT2D eigenvalue weighted by Gasteiger charge is 2.21. The molecule has 0 bridgehead atoms. The molecule has 0 radical (unpaired) electrons. The zero-order valence-electron chi connectivity index (χ0n) is 14.1. The lowest BCUT2D eigenvalue weighted by molar-refractivity contribution is -0.115. The van der Waals surface area contributed by atoms with Crippen molar-refractivity contribution in [2.45, 2.75) is 30.7 Å². The summed E-state index contributed by atoms with van der Waals surface area (Å²) in [7, 11) is 0. The van der Waals surface area contributed by atoms with Gasteiger partial charge in [0.1, 0.15) is 11.4 Å². The smallest absolute Gasteiger partial charge is 0.343 e. The lowest BCUT2D eigenvalue weighted by Crippen LogP contribution is -2.25. The van der Waals surface area contributed by atoms with Crippen LogP contribution in [-0.2, 0) is 9.53 Å². The Morgan fingerprint density at radius 1 is 1.28 bits per heavy atom. The van der Waals surface area contributed by atoms with Crippen molar-refractivity contribution in [1.29, 1.82) is 0 Å². The quantitative estimate of drug-likeness (QED) is 0.444. The van der Waals surface area contributed by atoms with Crippen molar-refractivity contribution in [3.8, 4) is 0 Å². The molecule has 0 spiro atoms. The summed E-state index contributed by atoms with van der Waals surface area (Å²) >= 11 is 1.20. The van der Waals surface area contributed by atoms with Gasteiger partial charge in [0.2, 0.25) is 5.91 Å². The van der Waals surface area contributed by atoms with E-state index >= 15 is 0 Å². The van der Waals surface area contributed by atoms with Crippen LogP contribution in [0.5, 0.6) is 0 Å². The number of aromatic nitrogens is 2. The zero-order chi connectivity index (χ0) is 18.2. The third-order valence-corrected chi connectivity index (χ3v) is 4.48. The van der Waals surface area contributed by atoms with E-state index in [0.717, 1.165) is 5.69 Å². The van der Waals surface area contributed by atoms with Crippen LogP contribution in [-0.4, -0.2) is 33.7 Å². The number of ether oxygens (including phenoxy) is 1. The third kappa shape index (κ3) is 5.18. The van der Waals surface area contributed by atoms with Crippen molar-refractivity contribution in [2.24, 2.45) is 0 Å². The van der Waals surface area contributed by atoms with Crippen LogP contribution in [0.15, 0.2) is 41.7 Å². The summed E-state index contributed by atoms with van der Waals surface area (Å²) in [5, 5.41) is 2.81. The number of para-hydroxylation sites is 1. The van der Waals surface area contributed by atoms with Gasteiger partial charge in [0.15, 0.2) is 5.16 Å². The van der Waals surface area contributed by atoms with E-state index in [2.05, 4.69) is 15.3 Å². The maximum absolute atomic E-state index is 12.4. The number of nitrogen functional groups attached to an aromatic ring is 1. The summed E-state index contributed by atoms with van der Waals surface area (Å²) in [6.07, 6.45) is 1.91. The molecule has 0 aliphatic heterocycles. The molecule has 3 N–H and O–H groups in total. The summed E-state index contributed by atoms with van der Waals surface area (Å²) in [5.41, 5.74) is 6.65. The van der Waals surface area contributed by atoms with Crippen molar-refractivity contribution in [2.75, 3.05) is 17.7 Å². The van der Waals surface area contributed by atoms with Crippen molar-refractivity contribution >= 4 is 35.1 Å². The Hall–Kier alpha value is -2.61. The van der Waals surface area contributed by atoms with Crippen LogP contribution in [0.2, 0.25) is 0 Å². The van der Waals surface area contributed by atoms with Crippen LogP contribution in [0.1, 0.15) is 30.6 Å². The van der Waals surface area contributed by atoms with Crippen LogP contribution in [0, 0.1) is 0 Å². The highest BCUT2D eigenvalue weighted by atomic mass is 32.2. The molecule has 1 amide bonds. The maximum atomic E-state index is 12.4. The maximum Gasteiger partial charge on any atom is 0.343 e. The lowest BCUT2D eigenvalue weighted by atomic mass is 10.3. The predicted octanol–water partition coefficient (Wildman–Crippen LogP) is 2.74. The molecule has 0 fully saturated rings. The summed E-state index contributed by atoms with van der Waals surface area (Å²) in [6, 6.07) is 9.21. The molecular formula is C17H20N4O3S. The number of nitrogens with zero attached hydrogens (tertiary/aromatic N) is 2. The van der Waals surface area contributed by atoms with E-state index in [0.29, 0.717) is 11.6 Å². The molecule has 132 valence electrons. The van der Waals surface area contributed by atoms with Crippen molar-refractivity contribution < 1.29 is 14.3 Å². The van der Waals surface area contributed by atoms with E-state index in [4.69, 9.17) is 10.5 Å². The first-order valence-corrected chi connectivity index (χ1v) is 8.75. The Kier molecular flexibility index (Phi) is 6.76. The number of hydrogen-bond donors (Lipinski definition) is 2. The van der Waals surface area contributed by atoms with Gasteiger partial charge in [0.05, 0.1) is 11.9 Å². The highest BCUT2D eigenvalue weighted by Crippen LogP contribution is 2.25. The number of rotatable bonds is 7. The minimum atomic E-state index is -0.564. The van der Waals surface area contributed by atoms with Gasteiger partial charge in [-0.15, -0.1) is 0 Å². The molecule has 1 heterocycles. The molecule has 2 rings (SSSR count). The fourth-order valence-corrected chi connectivity index (χ4v) is 2.85. The second-order valence-corrected chi connectivity index (χ2v) is 6.21. The average molecular weight is 360 g/mol. The molecule has 1 unspecified atom stereocenters. The van der Waals surface area contributed by atoms with E-state index in [9.17, 15) is 9.59 Å². The van der Waals surface area contributed by atoms with Gasteiger partial charge in [-0.3, -0.25) is 4.79 Å². The third-order valence-electron chi connectivity index (χ3n) is 3.24. The molecule has 7 nitrogen and oxygen atoms in total. The molecule has 1 atom stereocenters.